The molecule has 9 heteroatoms. The normalized spacial score (nSPS) is 13.4. The summed E-state index contributed by atoms with van der Waals surface area (Å²) in [5, 5.41) is 0. The molecule has 0 atom stereocenters. The maximum atomic E-state index is 11.9. The second-order valence-corrected chi connectivity index (χ2v) is 6.33. The van der Waals surface area contributed by atoms with Crippen molar-refractivity contribution in [3.8, 4) is 0 Å². The molecule has 0 aliphatic carbocycles. The standard InChI is InChI=1S/C4F6NSe2/c5-3(6,7)1-2(4(8,9)10)13-11-12-1/q+1. The summed E-state index contributed by atoms with van der Waals surface area (Å²) in [4.78, 5) is 0. The third kappa shape index (κ3) is 2.56. The van der Waals surface area contributed by atoms with E-state index in [1.54, 1.807) is 0 Å². The fourth-order valence-corrected chi connectivity index (χ4v) is 5.04. The molecule has 0 saturated carbocycles. The zero-order chi connectivity index (χ0) is 10.3. The Morgan fingerprint density at radius 3 is 1.85 bits per heavy atom. The van der Waals surface area contributed by atoms with Crippen LogP contribution < -0.4 is 0 Å². The van der Waals surface area contributed by atoms with Gasteiger partial charge < -0.3 is 0 Å². The van der Waals surface area contributed by atoms with Gasteiger partial charge in [0.25, 0.3) is 0 Å². The van der Waals surface area contributed by atoms with Gasteiger partial charge in [0, 0.05) is 0 Å². The van der Waals surface area contributed by atoms with Gasteiger partial charge in [0.1, 0.15) is 0 Å². The number of alkyl halides is 6. The molecule has 0 aliphatic heterocycles. The molecular weight excluding hydrogens is 334 g/mol. The van der Waals surface area contributed by atoms with Crippen LogP contribution in [0.1, 0.15) is 8.87 Å². The molecular formula is C4F6NSe2+. The van der Waals surface area contributed by atoms with Crippen LogP contribution in [-0.2, 0) is 12.4 Å². The Bertz CT molecular complexity index is 270. The Morgan fingerprint density at radius 2 is 1.54 bits per heavy atom. The van der Waals surface area contributed by atoms with Crippen molar-refractivity contribution in [1.82, 2.24) is 2.97 Å². The summed E-state index contributed by atoms with van der Waals surface area (Å²) in [6, 6.07) is 0. The summed E-state index contributed by atoms with van der Waals surface area (Å²) in [5.41, 5.74) is 0. The summed E-state index contributed by atoms with van der Waals surface area (Å²) in [7, 11) is 0. The topological polar surface area (TPSA) is 12.9 Å². The van der Waals surface area contributed by atoms with Crippen LogP contribution in [0.5, 0.6) is 0 Å². The van der Waals surface area contributed by atoms with Crippen molar-refractivity contribution in [2.75, 3.05) is 0 Å². The first-order chi connectivity index (χ1) is 5.73. The number of nitrogens with zero attached hydrogens (tertiary/aromatic N) is 1. The predicted molar refractivity (Wildman–Crippen MR) is 32.5 cm³/mol. The molecule has 0 aliphatic rings. The number of hydrogen-bond acceptors (Lipinski definition) is 1. The van der Waals surface area contributed by atoms with Crippen molar-refractivity contribution in [1.29, 1.82) is 0 Å². The summed E-state index contributed by atoms with van der Waals surface area (Å²) in [5.74, 6) is 0. The zero-order valence-electron chi connectivity index (χ0n) is 5.53. The quantitative estimate of drug-likeness (QED) is 0.518. The van der Waals surface area contributed by atoms with Crippen LogP contribution in [-0.4, -0.2) is 32.4 Å². The van der Waals surface area contributed by atoms with E-state index < -0.39 is 50.7 Å². The number of halogens is 6. The molecule has 0 unspecified atom stereocenters. The molecule has 1 aromatic rings. The Balaban J connectivity index is 3.19. The maximum absolute atomic E-state index is 11.9. The van der Waals surface area contributed by atoms with Gasteiger partial charge in [-0.25, -0.2) is 0 Å². The van der Waals surface area contributed by atoms with E-state index in [-0.39, 0.29) is 0 Å². The Kier molecular flexibility index (Phi) is 2.92. The van der Waals surface area contributed by atoms with Gasteiger partial charge in [-0.15, -0.1) is 0 Å². The molecule has 13 heavy (non-hydrogen) atoms. The molecule has 0 fully saturated rings. The van der Waals surface area contributed by atoms with E-state index in [2.05, 4.69) is 2.97 Å². The van der Waals surface area contributed by atoms with E-state index in [4.69, 9.17) is 0 Å². The fourth-order valence-electron chi connectivity index (χ4n) is 0.537. The first kappa shape index (κ1) is 11.2. The molecule has 0 amide bonds. The van der Waals surface area contributed by atoms with Gasteiger partial charge in [-0.2, -0.15) is 0 Å². The van der Waals surface area contributed by atoms with Crippen molar-refractivity contribution in [2.24, 2.45) is 0 Å². The number of aromatic nitrogens is 1. The average molecular weight is 334 g/mol. The molecule has 74 valence electrons. The van der Waals surface area contributed by atoms with Crippen molar-refractivity contribution in [2.45, 2.75) is 12.4 Å². The molecule has 0 saturated heterocycles. The Morgan fingerprint density at radius 1 is 1.00 bits per heavy atom. The first-order valence-corrected chi connectivity index (χ1v) is 5.90. The molecule has 0 spiro atoms. The Hall–Kier alpha value is 0.159. The van der Waals surface area contributed by atoms with Gasteiger partial charge in [0.2, 0.25) is 0 Å². The summed E-state index contributed by atoms with van der Waals surface area (Å²) in [6.45, 7) is 0. The van der Waals surface area contributed by atoms with Crippen LogP contribution in [0, 0.1) is 0 Å². The van der Waals surface area contributed by atoms with Crippen LogP contribution in [0.3, 0.4) is 0 Å². The molecule has 0 N–H and O–H groups in total. The van der Waals surface area contributed by atoms with E-state index >= 15 is 0 Å². The van der Waals surface area contributed by atoms with E-state index in [1.807, 2.05) is 0 Å². The van der Waals surface area contributed by atoms with Gasteiger partial charge in [-0.3, -0.25) is 0 Å². The third-order valence-corrected chi connectivity index (χ3v) is 6.17. The minimum atomic E-state index is -4.88. The number of rotatable bonds is 0. The predicted octanol–water partition coefficient (Wildman–Crippen LogP) is 1.51. The molecule has 0 bridgehead atoms. The summed E-state index contributed by atoms with van der Waals surface area (Å²) < 4.78 is 71.9. The van der Waals surface area contributed by atoms with E-state index in [0.29, 0.717) is 0 Å². The molecule has 1 nitrogen and oxygen atoms in total. The molecule has 1 aromatic heterocycles. The van der Waals surface area contributed by atoms with Crippen LogP contribution in [0.15, 0.2) is 0 Å². The monoisotopic (exact) mass is 336 g/mol. The van der Waals surface area contributed by atoms with Crippen LogP contribution in [0.4, 0.5) is 26.3 Å². The van der Waals surface area contributed by atoms with E-state index in [9.17, 15) is 26.3 Å². The number of hydrogen-bond donors (Lipinski definition) is 0. The van der Waals surface area contributed by atoms with Gasteiger partial charge in [0.05, 0.1) is 0 Å². The van der Waals surface area contributed by atoms with E-state index in [0.717, 1.165) is 0 Å². The molecule has 0 radical (unpaired) electrons. The van der Waals surface area contributed by atoms with Crippen LogP contribution in [0.2, 0.25) is 0 Å². The first-order valence-electron chi connectivity index (χ1n) is 2.66. The second kappa shape index (κ2) is 3.38. The van der Waals surface area contributed by atoms with E-state index in [1.165, 1.54) is 0 Å². The van der Waals surface area contributed by atoms with Crippen molar-refractivity contribution in [3.05, 3.63) is 8.87 Å². The zero-order valence-corrected chi connectivity index (χ0v) is 8.96. The molecule has 1 rings (SSSR count). The van der Waals surface area contributed by atoms with Crippen molar-refractivity contribution in [3.63, 3.8) is 0 Å². The van der Waals surface area contributed by atoms with Gasteiger partial charge in [-0.05, 0) is 0 Å². The summed E-state index contributed by atoms with van der Waals surface area (Å²) >= 11 is -2.83. The second-order valence-electron chi connectivity index (χ2n) is 1.91. The minimum absolute atomic E-state index is 1.41. The Labute approximate surface area is 80.3 Å². The van der Waals surface area contributed by atoms with Gasteiger partial charge in [0.15, 0.2) is 0 Å². The summed E-state index contributed by atoms with van der Waals surface area (Å²) in [6.07, 6.45) is -9.76. The fraction of sp³-hybridized carbons (Fsp3) is 0.500. The SMILES string of the molecule is FC(F)(F)c1[se]n[se+]c1C(F)(F)F. The van der Waals surface area contributed by atoms with Gasteiger partial charge in [-0.1, -0.05) is 0 Å². The third-order valence-electron chi connectivity index (χ3n) is 0.978. The van der Waals surface area contributed by atoms with Crippen LogP contribution in [0.25, 0.3) is 0 Å². The molecule has 1 heterocycles. The van der Waals surface area contributed by atoms with Crippen LogP contribution >= 0.6 is 0 Å². The average Bonchev–Trinajstić information content (AvgIpc) is 2.27. The van der Waals surface area contributed by atoms with Gasteiger partial charge >= 0.3 is 80.0 Å². The van der Waals surface area contributed by atoms with Crippen molar-refractivity contribution < 1.29 is 26.3 Å². The molecule has 0 aromatic carbocycles. The van der Waals surface area contributed by atoms with Crippen molar-refractivity contribution >= 4 is 29.5 Å².